The molecular formula is C32H36N4O3. The van der Waals surface area contributed by atoms with E-state index in [0.717, 1.165) is 51.8 Å². The molecule has 202 valence electrons. The maximum Gasteiger partial charge on any atom is 0.410 e. The number of benzene rings is 3. The van der Waals surface area contributed by atoms with Crippen LogP contribution >= 0.6 is 0 Å². The zero-order valence-electron chi connectivity index (χ0n) is 23.4. The number of nitriles is 1. The van der Waals surface area contributed by atoms with Crippen molar-refractivity contribution in [1.29, 1.82) is 5.26 Å². The normalized spacial score (nSPS) is 14.6. The molecule has 0 unspecified atom stereocenters. The molecule has 5 rings (SSSR count). The number of hydrogen-bond donors (Lipinski definition) is 0. The highest BCUT2D eigenvalue weighted by molar-refractivity contribution is 5.90. The Balaban J connectivity index is 1.39. The highest BCUT2D eigenvalue weighted by Gasteiger charge is 2.28. The van der Waals surface area contributed by atoms with Gasteiger partial charge in [-0.1, -0.05) is 44.2 Å². The predicted molar refractivity (Wildman–Crippen MR) is 153 cm³/mol. The van der Waals surface area contributed by atoms with Crippen molar-refractivity contribution >= 4 is 27.9 Å². The van der Waals surface area contributed by atoms with Crippen LogP contribution < -0.4 is 4.74 Å². The lowest BCUT2D eigenvalue weighted by molar-refractivity contribution is 0.0127. The zero-order chi connectivity index (χ0) is 27.7. The number of nitrogens with zero attached hydrogens (tertiary/aromatic N) is 4. The fourth-order valence-corrected chi connectivity index (χ4v) is 5.24. The van der Waals surface area contributed by atoms with Crippen LogP contribution in [0, 0.1) is 11.3 Å². The van der Waals surface area contributed by atoms with Crippen LogP contribution in [0.4, 0.5) is 4.79 Å². The first-order valence-electron chi connectivity index (χ1n) is 13.7. The van der Waals surface area contributed by atoms with Gasteiger partial charge in [0.15, 0.2) is 0 Å². The third-order valence-electron chi connectivity index (χ3n) is 7.13. The van der Waals surface area contributed by atoms with Crippen LogP contribution in [0.25, 0.3) is 21.8 Å². The van der Waals surface area contributed by atoms with Crippen molar-refractivity contribution in [3.8, 4) is 11.8 Å². The summed E-state index contributed by atoms with van der Waals surface area (Å²) in [4.78, 5) is 19.2. The van der Waals surface area contributed by atoms with Crippen molar-refractivity contribution in [1.82, 2.24) is 14.5 Å². The van der Waals surface area contributed by atoms with Gasteiger partial charge in [0, 0.05) is 44.5 Å². The smallest absolute Gasteiger partial charge is 0.410 e. The number of aromatic nitrogens is 2. The Labute approximate surface area is 229 Å². The lowest BCUT2D eigenvalue weighted by Gasteiger charge is -2.33. The molecule has 2 heterocycles. The molecule has 39 heavy (non-hydrogen) atoms. The molecule has 0 spiro atoms. The van der Waals surface area contributed by atoms with Gasteiger partial charge in [-0.15, -0.1) is 0 Å². The number of rotatable bonds is 5. The van der Waals surface area contributed by atoms with E-state index >= 15 is 0 Å². The van der Waals surface area contributed by atoms with Gasteiger partial charge in [-0.05, 0) is 55.3 Å². The number of imidazole rings is 1. The Morgan fingerprint density at radius 1 is 1.08 bits per heavy atom. The molecule has 0 saturated carbocycles. The van der Waals surface area contributed by atoms with Crippen LogP contribution in [0.1, 0.15) is 70.3 Å². The first-order chi connectivity index (χ1) is 18.6. The van der Waals surface area contributed by atoms with Crippen LogP contribution in [0.3, 0.4) is 0 Å². The molecule has 7 heteroatoms. The summed E-state index contributed by atoms with van der Waals surface area (Å²) in [6, 6.07) is 20.4. The maximum atomic E-state index is 12.4. The van der Waals surface area contributed by atoms with E-state index < -0.39 is 5.60 Å². The fourth-order valence-electron chi connectivity index (χ4n) is 5.24. The van der Waals surface area contributed by atoms with Gasteiger partial charge < -0.3 is 18.9 Å². The van der Waals surface area contributed by atoms with Crippen LogP contribution in [0.15, 0.2) is 54.6 Å². The van der Waals surface area contributed by atoms with E-state index in [-0.39, 0.29) is 18.1 Å². The standard InChI is InChI=1S/C32H36N4O3/c1-21(2)30-34-28-13-12-25(38-24-14-16-35(17-15-24)31(37)39-32(3,4)5)18-29(28)36(30)20-23-11-10-22(19-33)26-8-6-7-9-27(23)26/h6-13,18,21,24H,14-17,20H2,1-5H3. The third-order valence-corrected chi connectivity index (χ3v) is 7.13. The molecule has 1 aliphatic heterocycles. The molecule has 1 amide bonds. The molecule has 1 saturated heterocycles. The van der Waals surface area contributed by atoms with Gasteiger partial charge in [0.25, 0.3) is 0 Å². The van der Waals surface area contributed by atoms with Gasteiger partial charge in [0.2, 0.25) is 0 Å². The summed E-state index contributed by atoms with van der Waals surface area (Å²) < 4.78 is 14.2. The second-order valence-electron chi connectivity index (χ2n) is 11.6. The van der Waals surface area contributed by atoms with Gasteiger partial charge in [-0.25, -0.2) is 9.78 Å². The van der Waals surface area contributed by atoms with Gasteiger partial charge in [0.1, 0.15) is 23.3 Å². The van der Waals surface area contributed by atoms with E-state index in [0.29, 0.717) is 25.2 Å². The summed E-state index contributed by atoms with van der Waals surface area (Å²) >= 11 is 0. The Morgan fingerprint density at radius 3 is 2.46 bits per heavy atom. The molecule has 0 aliphatic carbocycles. The average Bonchev–Trinajstić information content (AvgIpc) is 3.26. The molecule has 0 radical (unpaired) electrons. The minimum atomic E-state index is -0.498. The Morgan fingerprint density at radius 2 is 1.79 bits per heavy atom. The van der Waals surface area contributed by atoms with Crippen LogP contribution in [-0.4, -0.2) is 45.3 Å². The number of carbonyl (C=O) groups excluding carboxylic acids is 1. The van der Waals surface area contributed by atoms with Gasteiger partial charge in [-0.2, -0.15) is 5.26 Å². The molecule has 4 aromatic rings. The molecule has 1 fully saturated rings. The third kappa shape index (κ3) is 5.70. The molecule has 3 aromatic carbocycles. The number of piperidine rings is 1. The number of likely N-dealkylation sites (tertiary alicyclic amines) is 1. The number of ether oxygens (including phenoxy) is 2. The quantitative estimate of drug-likeness (QED) is 0.280. The Kier molecular flexibility index (Phi) is 7.22. The maximum absolute atomic E-state index is 12.4. The van der Waals surface area contributed by atoms with E-state index in [4.69, 9.17) is 14.5 Å². The highest BCUT2D eigenvalue weighted by atomic mass is 16.6. The highest BCUT2D eigenvalue weighted by Crippen LogP contribution is 2.30. The fraction of sp³-hybridized carbons (Fsp3) is 0.406. The van der Waals surface area contributed by atoms with Crippen molar-refractivity contribution in [2.75, 3.05) is 13.1 Å². The minimum Gasteiger partial charge on any atom is -0.490 e. The molecule has 0 N–H and O–H groups in total. The second kappa shape index (κ2) is 10.6. The topological polar surface area (TPSA) is 80.4 Å². The van der Waals surface area contributed by atoms with Crippen LogP contribution in [0.2, 0.25) is 0 Å². The molecule has 1 aromatic heterocycles. The second-order valence-corrected chi connectivity index (χ2v) is 11.6. The summed E-state index contributed by atoms with van der Waals surface area (Å²) in [5.74, 6) is 2.06. The largest absolute Gasteiger partial charge is 0.490 e. The number of carbonyl (C=O) groups is 1. The zero-order valence-corrected chi connectivity index (χ0v) is 23.4. The van der Waals surface area contributed by atoms with Crippen molar-refractivity contribution < 1.29 is 14.3 Å². The number of fused-ring (bicyclic) bond motifs is 2. The predicted octanol–water partition coefficient (Wildman–Crippen LogP) is 7.01. The summed E-state index contributed by atoms with van der Waals surface area (Å²) in [5, 5.41) is 11.6. The molecular weight excluding hydrogens is 488 g/mol. The van der Waals surface area contributed by atoms with Gasteiger partial charge in [-0.3, -0.25) is 0 Å². The summed E-state index contributed by atoms with van der Waals surface area (Å²) in [6.07, 6.45) is 1.28. The minimum absolute atomic E-state index is 0.0320. The lowest BCUT2D eigenvalue weighted by atomic mass is 10.00. The van der Waals surface area contributed by atoms with Crippen LogP contribution in [0.5, 0.6) is 5.75 Å². The summed E-state index contributed by atoms with van der Waals surface area (Å²) in [5.41, 5.74) is 3.29. The SMILES string of the molecule is CC(C)c1nc2ccc(OC3CCN(C(=O)OC(C)(C)C)CC3)cc2n1Cc1ccc(C#N)c2ccccc12. The first kappa shape index (κ1) is 26.6. The van der Waals surface area contributed by atoms with Gasteiger partial charge >= 0.3 is 6.09 Å². The van der Waals surface area contributed by atoms with E-state index in [1.54, 1.807) is 4.90 Å². The Bertz CT molecular complexity index is 1550. The van der Waals surface area contributed by atoms with Crippen molar-refractivity contribution in [3.05, 3.63) is 71.5 Å². The molecule has 0 atom stereocenters. The van der Waals surface area contributed by atoms with Crippen molar-refractivity contribution in [2.45, 2.75) is 71.6 Å². The molecule has 7 nitrogen and oxygen atoms in total. The molecule has 1 aliphatic rings. The number of hydrogen-bond acceptors (Lipinski definition) is 5. The Hall–Kier alpha value is -4.05. The average molecular weight is 525 g/mol. The van der Waals surface area contributed by atoms with E-state index in [1.165, 1.54) is 0 Å². The first-order valence-corrected chi connectivity index (χ1v) is 13.7. The summed E-state index contributed by atoms with van der Waals surface area (Å²) in [7, 11) is 0. The summed E-state index contributed by atoms with van der Waals surface area (Å²) in [6.45, 7) is 11.8. The monoisotopic (exact) mass is 524 g/mol. The van der Waals surface area contributed by atoms with Crippen LogP contribution in [-0.2, 0) is 11.3 Å². The van der Waals surface area contributed by atoms with Crippen molar-refractivity contribution in [2.24, 2.45) is 0 Å². The molecule has 0 bridgehead atoms. The van der Waals surface area contributed by atoms with E-state index in [9.17, 15) is 10.1 Å². The van der Waals surface area contributed by atoms with Crippen molar-refractivity contribution in [3.63, 3.8) is 0 Å². The van der Waals surface area contributed by atoms with E-state index in [2.05, 4.69) is 42.7 Å². The van der Waals surface area contributed by atoms with Gasteiger partial charge in [0.05, 0.1) is 22.7 Å². The van der Waals surface area contributed by atoms with E-state index in [1.807, 2.05) is 57.2 Å². The number of amides is 1. The lowest BCUT2D eigenvalue weighted by Crippen LogP contribution is -2.44.